The Labute approximate surface area is 125 Å². The molecule has 2 fully saturated rings. The first-order valence-corrected chi connectivity index (χ1v) is 8.90. The van der Waals surface area contributed by atoms with Crippen LogP contribution in [-0.4, -0.2) is 49.8 Å². The first kappa shape index (κ1) is 16.3. The summed E-state index contributed by atoms with van der Waals surface area (Å²) >= 11 is 0. The third kappa shape index (κ3) is 5.01. The van der Waals surface area contributed by atoms with Crippen molar-refractivity contribution in [2.24, 2.45) is 5.92 Å². The highest BCUT2D eigenvalue weighted by Crippen LogP contribution is 2.27. The van der Waals surface area contributed by atoms with Crippen LogP contribution in [0.2, 0.25) is 0 Å². The van der Waals surface area contributed by atoms with Crippen molar-refractivity contribution < 1.29 is 4.74 Å². The molecule has 1 saturated carbocycles. The average molecular weight is 282 g/mol. The number of nitrogens with zero attached hydrogens (tertiary/aromatic N) is 1. The molecule has 0 bridgehead atoms. The molecule has 0 aromatic heterocycles. The van der Waals surface area contributed by atoms with Crippen molar-refractivity contribution >= 4 is 0 Å². The van der Waals surface area contributed by atoms with Crippen molar-refractivity contribution in [1.29, 1.82) is 0 Å². The van der Waals surface area contributed by atoms with Crippen LogP contribution in [0.4, 0.5) is 0 Å². The van der Waals surface area contributed by atoms with Crippen LogP contribution < -0.4 is 5.32 Å². The molecule has 1 aliphatic carbocycles. The second-order valence-corrected chi connectivity index (χ2v) is 6.55. The third-order valence-corrected chi connectivity index (χ3v) is 5.07. The molecule has 1 N–H and O–H groups in total. The van der Waals surface area contributed by atoms with Crippen molar-refractivity contribution in [2.75, 3.05) is 32.8 Å². The molecule has 0 amide bonds. The topological polar surface area (TPSA) is 24.5 Å². The fourth-order valence-corrected chi connectivity index (χ4v) is 3.87. The molecular weight excluding hydrogens is 248 g/mol. The molecule has 1 saturated heterocycles. The maximum Gasteiger partial charge on any atom is 0.0702 e. The predicted molar refractivity (Wildman–Crippen MR) is 85.1 cm³/mol. The lowest BCUT2D eigenvalue weighted by molar-refractivity contribution is 0.0670. The zero-order valence-electron chi connectivity index (χ0n) is 13.6. The number of ether oxygens (including phenoxy) is 1. The van der Waals surface area contributed by atoms with Gasteiger partial charge in [0.25, 0.3) is 0 Å². The van der Waals surface area contributed by atoms with Crippen molar-refractivity contribution in [3.63, 3.8) is 0 Å². The van der Waals surface area contributed by atoms with Crippen LogP contribution in [0, 0.1) is 5.92 Å². The normalized spacial score (nSPS) is 26.2. The number of hydrogen-bond acceptors (Lipinski definition) is 3. The predicted octanol–water partition coefficient (Wildman–Crippen LogP) is 3.05. The van der Waals surface area contributed by atoms with Gasteiger partial charge in [-0.1, -0.05) is 33.1 Å². The third-order valence-electron chi connectivity index (χ3n) is 5.07. The minimum Gasteiger partial charge on any atom is -0.377 e. The molecule has 3 heteroatoms. The molecule has 0 aromatic carbocycles. The van der Waals surface area contributed by atoms with E-state index < -0.39 is 0 Å². The van der Waals surface area contributed by atoms with Gasteiger partial charge in [0.2, 0.25) is 0 Å². The Balaban J connectivity index is 1.83. The summed E-state index contributed by atoms with van der Waals surface area (Å²) in [6, 6.07) is 0.682. The number of rotatable bonds is 8. The summed E-state index contributed by atoms with van der Waals surface area (Å²) < 4.78 is 5.81. The highest BCUT2D eigenvalue weighted by Gasteiger charge is 2.26. The van der Waals surface area contributed by atoms with Crippen molar-refractivity contribution in [2.45, 2.75) is 70.9 Å². The van der Waals surface area contributed by atoms with Crippen LogP contribution in [0.15, 0.2) is 0 Å². The lowest BCUT2D eigenvalue weighted by atomic mass is 9.83. The Morgan fingerprint density at radius 2 is 1.90 bits per heavy atom. The standard InChI is InChI=1S/C17H34N2O/c1-3-18-17(15-9-6-5-7-10-15)14-19(4-2)13-16-11-8-12-20-16/h15-18H,3-14H2,1-2H3. The van der Waals surface area contributed by atoms with Gasteiger partial charge in [0.05, 0.1) is 6.10 Å². The van der Waals surface area contributed by atoms with Crippen molar-refractivity contribution in [3.05, 3.63) is 0 Å². The van der Waals surface area contributed by atoms with Gasteiger partial charge in [-0.25, -0.2) is 0 Å². The van der Waals surface area contributed by atoms with Crippen LogP contribution in [0.1, 0.15) is 58.8 Å². The smallest absolute Gasteiger partial charge is 0.0702 e. The fraction of sp³-hybridized carbons (Fsp3) is 1.00. The molecule has 2 rings (SSSR count). The molecule has 0 radical (unpaired) electrons. The summed E-state index contributed by atoms with van der Waals surface area (Å²) in [4.78, 5) is 2.61. The quantitative estimate of drug-likeness (QED) is 0.740. The maximum absolute atomic E-state index is 5.81. The fourth-order valence-electron chi connectivity index (χ4n) is 3.87. The first-order valence-electron chi connectivity index (χ1n) is 8.90. The summed E-state index contributed by atoms with van der Waals surface area (Å²) in [5, 5.41) is 3.76. The van der Waals surface area contributed by atoms with Gasteiger partial charge in [0.1, 0.15) is 0 Å². The molecule has 3 nitrogen and oxygen atoms in total. The number of likely N-dealkylation sites (N-methyl/N-ethyl adjacent to an activating group) is 2. The molecule has 2 unspecified atom stereocenters. The van der Waals surface area contributed by atoms with Crippen LogP contribution in [0.3, 0.4) is 0 Å². The van der Waals surface area contributed by atoms with Crippen molar-refractivity contribution in [1.82, 2.24) is 10.2 Å². The first-order chi connectivity index (χ1) is 9.83. The van der Waals surface area contributed by atoms with Gasteiger partial charge in [-0.2, -0.15) is 0 Å². The van der Waals surface area contributed by atoms with E-state index in [0.717, 1.165) is 32.2 Å². The van der Waals surface area contributed by atoms with Crippen LogP contribution in [-0.2, 0) is 4.74 Å². The van der Waals surface area contributed by atoms with Crippen LogP contribution >= 0.6 is 0 Å². The van der Waals surface area contributed by atoms with E-state index in [1.165, 1.54) is 51.5 Å². The van der Waals surface area contributed by atoms with Gasteiger partial charge in [-0.3, -0.25) is 4.90 Å². The van der Waals surface area contributed by atoms with Gasteiger partial charge in [-0.05, 0) is 44.7 Å². The Bertz CT molecular complexity index is 247. The van der Waals surface area contributed by atoms with E-state index in [1.54, 1.807) is 0 Å². The SMILES string of the molecule is CCNC(CN(CC)CC1CCCO1)C1CCCCC1. The lowest BCUT2D eigenvalue weighted by Crippen LogP contribution is -2.47. The largest absolute Gasteiger partial charge is 0.377 e. The lowest BCUT2D eigenvalue weighted by Gasteiger charge is -2.35. The Kier molecular flexibility index (Phi) is 7.32. The van der Waals surface area contributed by atoms with Gasteiger partial charge in [-0.15, -0.1) is 0 Å². The molecule has 1 aliphatic heterocycles. The zero-order valence-corrected chi connectivity index (χ0v) is 13.6. The Hall–Kier alpha value is -0.120. The van der Waals surface area contributed by atoms with Crippen LogP contribution in [0.25, 0.3) is 0 Å². The van der Waals surface area contributed by atoms with Gasteiger partial charge < -0.3 is 10.1 Å². The van der Waals surface area contributed by atoms with E-state index in [1.807, 2.05) is 0 Å². The highest BCUT2D eigenvalue weighted by molar-refractivity contribution is 4.83. The van der Waals surface area contributed by atoms with E-state index in [0.29, 0.717) is 12.1 Å². The summed E-state index contributed by atoms with van der Waals surface area (Å²) in [5.41, 5.74) is 0. The minimum atomic E-state index is 0.489. The molecule has 2 aliphatic rings. The number of nitrogens with one attached hydrogen (secondary N) is 1. The maximum atomic E-state index is 5.81. The van der Waals surface area contributed by atoms with E-state index in [2.05, 4.69) is 24.1 Å². The molecule has 0 spiro atoms. The second kappa shape index (κ2) is 9.01. The summed E-state index contributed by atoms with van der Waals surface area (Å²) in [6.07, 6.45) is 10.2. The van der Waals surface area contributed by atoms with E-state index in [9.17, 15) is 0 Å². The molecule has 20 heavy (non-hydrogen) atoms. The Morgan fingerprint density at radius 3 is 2.50 bits per heavy atom. The second-order valence-electron chi connectivity index (χ2n) is 6.55. The Morgan fingerprint density at radius 1 is 1.10 bits per heavy atom. The molecule has 0 aromatic rings. The molecular formula is C17H34N2O. The summed E-state index contributed by atoms with van der Waals surface area (Å²) in [5.74, 6) is 0.891. The van der Waals surface area contributed by atoms with Crippen LogP contribution in [0.5, 0.6) is 0 Å². The molecule has 118 valence electrons. The van der Waals surface area contributed by atoms with Gasteiger partial charge in [0.15, 0.2) is 0 Å². The number of hydrogen-bond donors (Lipinski definition) is 1. The van der Waals surface area contributed by atoms with Gasteiger partial charge >= 0.3 is 0 Å². The summed E-state index contributed by atoms with van der Waals surface area (Å²) in [7, 11) is 0. The van der Waals surface area contributed by atoms with Gasteiger partial charge in [0, 0.05) is 25.7 Å². The molecule has 2 atom stereocenters. The monoisotopic (exact) mass is 282 g/mol. The van der Waals surface area contributed by atoms with E-state index >= 15 is 0 Å². The average Bonchev–Trinajstić information content (AvgIpc) is 2.99. The molecule has 1 heterocycles. The van der Waals surface area contributed by atoms with E-state index in [-0.39, 0.29) is 0 Å². The van der Waals surface area contributed by atoms with E-state index in [4.69, 9.17) is 4.74 Å². The zero-order chi connectivity index (χ0) is 14.2. The minimum absolute atomic E-state index is 0.489. The summed E-state index contributed by atoms with van der Waals surface area (Å²) in [6.45, 7) is 10.1. The highest BCUT2D eigenvalue weighted by atomic mass is 16.5. The van der Waals surface area contributed by atoms with Crippen molar-refractivity contribution in [3.8, 4) is 0 Å².